The molecular formula is C15H12ClFO5S. The molecule has 2 rings (SSSR count). The lowest BCUT2D eigenvalue weighted by molar-refractivity contribution is 0.0526. The van der Waals surface area contributed by atoms with Gasteiger partial charge in [0.2, 0.25) is 0 Å². The van der Waals surface area contributed by atoms with Crippen molar-refractivity contribution in [3.63, 3.8) is 0 Å². The predicted molar refractivity (Wildman–Crippen MR) is 81.6 cm³/mol. The third-order valence-electron chi connectivity index (χ3n) is 2.73. The van der Waals surface area contributed by atoms with Crippen LogP contribution in [-0.2, 0) is 14.9 Å². The van der Waals surface area contributed by atoms with Gasteiger partial charge in [-0.15, -0.1) is 0 Å². The Morgan fingerprint density at radius 3 is 2.39 bits per heavy atom. The van der Waals surface area contributed by atoms with Crippen molar-refractivity contribution in [2.45, 2.75) is 11.8 Å². The van der Waals surface area contributed by atoms with Crippen LogP contribution in [0.1, 0.15) is 17.3 Å². The molecule has 0 radical (unpaired) electrons. The molecule has 0 aliphatic rings. The van der Waals surface area contributed by atoms with E-state index in [1.165, 1.54) is 24.3 Å². The van der Waals surface area contributed by atoms with Crippen molar-refractivity contribution in [3.05, 3.63) is 58.9 Å². The minimum absolute atomic E-state index is 0.0153. The van der Waals surface area contributed by atoms with E-state index in [1.54, 1.807) is 6.92 Å². The van der Waals surface area contributed by atoms with E-state index in [-0.39, 0.29) is 27.8 Å². The average molecular weight is 359 g/mol. The molecule has 122 valence electrons. The van der Waals surface area contributed by atoms with Gasteiger partial charge in [-0.1, -0.05) is 11.6 Å². The zero-order valence-corrected chi connectivity index (χ0v) is 13.5. The number of carbonyl (C=O) groups is 1. The molecule has 8 heteroatoms. The fourth-order valence-corrected chi connectivity index (χ4v) is 3.15. The Kier molecular flexibility index (Phi) is 5.23. The van der Waals surface area contributed by atoms with Gasteiger partial charge in [0.15, 0.2) is 0 Å². The molecule has 0 spiro atoms. The molecular weight excluding hydrogens is 347 g/mol. The van der Waals surface area contributed by atoms with E-state index >= 15 is 0 Å². The molecule has 0 amide bonds. The Bertz CT molecular complexity index is 818. The second-order valence-electron chi connectivity index (χ2n) is 4.36. The number of hydrogen-bond acceptors (Lipinski definition) is 5. The largest absolute Gasteiger partial charge is 0.462 e. The molecule has 0 atom stereocenters. The minimum atomic E-state index is -4.22. The van der Waals surface area contributed by atoms with Gasteiger partial charge in [0.25, 0.3) is 0 Å². The number of halogens is 2. The maximum Gasteiger partial charge on any atom is 0.340 e. The van der Waals surface area contributed by atoms with Gasteiger partial charge in [0, 0.05) is 0 Å². The van der Waals surface area contributed by atoms with Gasteiger partial charge in [-0.3, -0.25) is 0 Å². The van der Waals surface area contributed by atoms with E-state index < -0.39 is 21.9 Å². The molecule has 0 saturated heterocycles. The third-order valence-corrected chi connectivity index (χ3v) is 4.47. The van der Waals surface area contributed by atoms with Gasteiger partial charge in [-0.2, -0.15) is 8.42 Å². The zero-order chi connectivity index (χ0) is 17.0. The standard InChI is InChI=1S/C15H12ClFO5S/c1-2-21-15(18)10-3-6-12(7-4-10)22-23(19,20)14-8-5-11(17)9-13(14)16/h3-9H,2H2,1H3. The predicted octanol–water partition coefficient (Wildman–Crippen LogP) is 3.42. The summed E-state index contributed by atoms with van der Waals surface area (Å²) in [5, 5.41) is -0.284. The van der Waals surface area contributed by atoms with Crippen LogP contribution in [-0.4, -0.2) is 21.0 Å². The highest BCUT2D eigenvalue weighted by atomic mass is 35.5. The molecule has 0 N–H and O–H groups in total. The number of ether oxygens (including phenoxy) is 1. The first-order chi connectivity index (χ1) is 10.8. The van der Waals surface area contributed by atoms with Crippen LogP contribution in [0, 0.1) is 5.82 Å². The van der Waals surface area contributed by atoms with Gasteiger partial charge in [0.05, 0.1) is 17.2 Å². The van der Waals surface area contributed by atoms with E-state index in [9.17, 15) is 17.6 Å². The summed E-state index contributed by atoms with van der Waals surface area (Å²) in [5.74, 6) is -1.20. The highest BCUT2D eigenvalue weighted by Gasteiger charge is 2.21. The Hall–Kier alpha value is -2.12. The van der Waals surface area contributed by atoms with Gasteiger partial charge in [-0.05, 0) is 49.4 Å². The van der Waals surface area contributed by atoms with E-state index in [1.807, 2.05) is 0 Å². The van der Waals surface area contributed by atoms with Gasteiger partial charge < -0.3 is 8.92 Å². The molecule has 0 saturated carbocycles. The van der Waals surface area contributed by atoms with Crippen LogP contribution in [0.2, 0.25) is 5.02 Å². The van der Waals surface area contributed by atoms with Crippen LogP contribution in [0.5, 0.6) is 5.75 Å². The minimum Gasteiger partial charge on any atom is -0.462 e. The molecule has 0 aliphatic heterocycles. The van der Waals surface area contributed by atoms with E-state index in [2.05, 4.69) is 0 Å². The molecule has 0 fully saturated rings. The van der Waals surface area contributed by atoms with Crippen molar-refractivity contribution in [1.29, 1.82) is 0 Å². The number of rotatable bonds is 5. The Labute approximate surface area is 137 Å². The zero-order valence-electron chi connectivity index (χ0n) is 12.0. The van der Waals surface area contributed by atoms with E-state index in [4.69, 9.17) is 20.5 Å². The quantitative estimate of drug-likeness (QED) is 0.605. The van der Waals surface area contributed by atoms with Gasteiger partial charge in [0.1, 0.15) is 16.5 Å². The van der Waals surface area contributed by atoms with Crippen molar-refractivity contribution >= 4 is 27.7 Å². The fraction of sp³-hybridized carbons (Fsp3) is 0.133. The second kappa shape index (κ2) is 6.97. The monoisotopic (exact) mass is 358 g/mol. The lowest BCUT2D eigenvalue weighted by atomic mass is 10.2. The second-order valence-corrected chi connectivity index (χ2v) is 6.28. The van der Waals surface area contributed by atoms with E-state index in [0.717, 1.165) is 18.2 Å². The summed E-state index contributed by atoms with van der Waals surface area (Å²) in [6.07, 6.45) is 0. The summed E-state index contributed by atoms with van der Waals surface area (Å²) in [5.41, 5.74) is 0.261. The molecule has 0 heterocycles. The van der Waals surface area contributed by atoms with Crippen molar-refractivity contribution < 1.29 is 26.5 Å². The topological polar surface area (TPSA) is 69.7 Å². The molecule has 0 aliphatic carbocycles. The number of carbonyl (C=O) groups excluding carboxylic acids is 1. The lowest BCUT2D eigenvalue weighted by Crippen LogP contribution is -2.11. The maximum atomic E-state index is 13.0. The Morgan fingerprint density at radius 1 is 1.17 bits per heavy atom. The molecule has 23 heavy (non-hydrogen) atoms. The summed E-state index contributed by atoms with van der Waals surface area (Å²) in [7, 11) is -4.22. The van der Waals surface area contributed by atoms with Crippen LogP contribution in [0.3, 0.4) is 0 Å². The van der Waals surface area contributed by atoms with Crippen molar-refractivity contribution in [1.82, 2.24) is 0 Å². The summed E-state index contributed by atoms with van der Waals surface area (Å²) < 4.78 is 47.0. The van der Waals surface area contributed by atoms with Crippen LogP contribution in [0.25, 0.3) is 0 Å². The third kappa shape index (κ3) is 4.20. The first-order valence-electron chi connectivity index (χ1n) is 6.50. The van der Waals surface area contributed by atoms with Crippen LogP contribution < -0.4 is 4.18 Å². The maximum absolute atomic E-state index is 13.0. The Balaban J connectivity index is 2.22. The average Bonchev–Trinajstić information content (AvgIpc) is 2.47. The number of benzene rings is 2. The van der Waals surface area contributed by atoms with E-state index in [0.29, 0.717) is 0 Å². The van der Waals surface area contributed by atoms with Crippen molar-refractivity contribution in [2.75, 3.05) is 6.61 Å². The fourth-order valence-electron chi connectivity index (χ4n) is 1.71. The molecule has 0 bridgehead atoms. The summed E-state index contributed by atoms with van der Waals surface area (Å²) in [6.45, 7) is 1.91. The SMILES string of the molecule is CCOC(=O)c1ccc(OS(=O)(=O)c2ccc(F)cc2Cl)cc1. The summed E-state index contributed by atoms with van der Waals surface area (Å²) in [6, 6.07) is 8.21. The molecule has 0 unspecified atom stereocenters. The van der Waals surface area contributed by atoms with Crippen molar-refractivity contribution in [3.8, 4) is 5.75 Å². The molecule has 0 aromatic heterocycles. The van der Waals surface area contributed by atoms with Gasteiger partial charge >= 0.3 is 16.1 Å². The first-order valence-corrected chi connectivity index (χ1v) is 8.29. The Morgan fingerprint density at radius 2 is 1.83 bits per heavy atom. The smallest absolute Gasteiger partial charge is 0.340 e. The number of esters is 1. The van der Waals surface area contributed by atoms with Crippen molar-refractivity contribution in [2.24, 2.45) is 0 Å². The van der Waals surface area contributed by atoms with Gasteiger partial charge in [-0.25, -0.2) is 9.18 Å². The highest BCUT2D eigenvalue weighted by Crippen LogP contribution is 2.26. The van der Waals surface area contributed by atoms with Crippen LogP contribution in [0.4, 0.5) is 4.39 Å². The normalized spacial score (nSPS) is 11.1. The molecule has 2 aromatic carbocycles. The highest BCUT2D eigenvalue weighted by molar-refractivity contribution is 7.87. The molecule has 2 aromatic rings. The summed E-state index contributed by atoms with van der Waals surface area (Å²) >= 11 is 5.72. The van der Waals surface area contributed by atoms with Crippen LogP contribution >= 0.6 is 11.6 Å². The first kappa shape index (κ1) is 17.2. The number of hydrogen-bond donors (Lipinski definition) is 0. The molecule has 5 nitrogen and oxygen atoms in total. The summed E-state index contributed by atoms with van der Waals surface area (Å²) in [4.78, 5) is 11.2. The van der Waals surface area contributed by atoms with Crippen LogP contribution in [0.15, 0.2) is 47.4 Å². The lowest BCUT2D eigenvalue weighted by Gasteiger charge is -2.09.